The first kappa shape index (κ1) is 15.5. The molecular weight excluding hydrogens is 301 g/mol. The van der Waals surface area contributed by atoms with Gasteiger partial charge < -0.3 is 4.42 Å². The Bertz CT molecular complexity index is 616. The minimum atomic E-state index is -0.271. The zero-order chi connectivity index (χ0) is 15.5. The first-order valence-corrected chi connectivity index (χ1v) is 8.76. The van der Waals surface area contributed by atoms with Crippen LogP contribution in [0.3, 0.4) is 0 Å². The molecule has 1 aromatic heterocycles. The molecule has 22 heavy (non-hydrogen) atoms. The highest BCUT2D eigenvalue weighted by Gasteiger charge is 2.27. The van der Waals surface area contributed by atoms with E-state index in [1.807, 2.05) is 11.8 Å². The molecule has 0 N–H and O–H groups in total. The summed E-state index contributed by atoms with van der Waals surface area (Å²) < 4.78 is 18.6. The quantitative estimate of drug-likeness (QED) is 0.842. The smallest absolute Gasteiger partial charge is 0.247 e. The molecule has 6 heteroatoms. The molecule has 1 aliphatic carbocycles. The summed E-state index contributed by atoms with van der Waals surface area (Å²) in [6.07, 6.45) is 5.90. The fourth-order valence-corrected chi connectivity index (χ4v) is 3.69. The van der Waals surface area contributed by atoms with Gasteiger partial charge in [0, 0.05) is 16.9 Å². The summed E-state index contributed by atoms with van der Waals surface area (Å²) in [6.45, 7) is 0.653. The van der Waals surface area contributed by atoms with Crippen LogP contribution in [0.1, 0.15) is 25.2 Å². The van der Waals surface area contributed by atoms with Crippen LogP contribution in [-0.2, 0) is 6.54 Å². The Morgan fingerprint density at radius 3 is 2.73 bits per heavy atom. The Morgan fingerprint density at radius 1 is 1.27 bits per heavy atom. The number of hydrogen-bond acceptors (Lipinski definition) is 5. The molecule has 0 saturated heterocycles. The largest absolute Gasteiger partial charge is 0.419 e. The highest BCUT2D eigenvalue weighted by molar-refractivity contribution is 7.99. The molecule has 0 spiro atoms. The fourth-order valence-electron chi connectivity index (χ4n) is 2.90. The summed E-state index contributed by atoms with van der Waals surface area (Å²) in [5.74, 6) is 0.777. The van der Waals surface area contributed by atoms with Crippen molar-refractivity contribution in [3.05, 3.63) is 36.0 Å². The Kier molecular flexibility index (Phi) is 4.78. The minimum Gasteiger partial charge on any atom is -0.419 e. The van der Waals surface area contributed by atoms with E-state index in [1.54, 1.807) is 12.1 Å². The normalized spacial score (nSPS) is 21.6. The number of rotatable bonds is 5. The van der Waals surface area contributed by atoms with E-state index in [9.17, 15) is 4.39 Å². The van der Waals surface area contributed by atoms with Gasteiger partial charge in [0.2, 0.25) is 11.8 Å². The third kappa shape index (κ3) is 3.50. The van der Waals surface area contributed by atoms with Crippen molar-refractivity contribution in [2.45, 2.75) is 37.1 Å². The molecule has 2 aromatic rings. The van der Waals surface area contributed by atoms with E-state index >= 15 is 0 Å². The molecule has 2 unspecified atom stereocenters. The second kappa shape index (κ2) is 6.79. The molecule has 0 radical (unpaired) electrons. The highest BCUT2D eigenvalue weighted by Crippen LogP contribution is 2.31. The highest BCUT2D eigenvalue weighted by atomic mass is 32.2. The van der Waals surface area contributed by atoms with Gasteiger partial charge in [-0.25, -0.2) is 4.39 Å². The lowest BCUT2D eigenvalue weighted by atomic mass is 10.2. The van der Waals surface area contributed by atoms with Crippen molar-refractivity contribution < 1.29 is 8.81 Å². The average molecular weight is 321 g/mol. The average Bonchev–Trinajstić information content (AvgIpc) is 3.17. The Morgan fingerprint density at radius 2 is 2.05 bits per heavy atom. The van der Waals surface area contributed by atoms with Crippen LogP contribution >= 0.6 is 11.8 Å². The van der Waals surface area contributed by atoms with Crippen molar-refractivity contribution in [2.24, 2.45) is 0 Å². The van der Waals surface area contributed by atoms with Gasteiger partial charge in [0.05, 0.1) is 6.54 Å². The third-order valence-corrected chi connectivity index (χ3v) is 5.35. The maximum absolute atomic E-state index is 12.9. The molecule has 0 aliphatic heterocycles. The van der Waals surface area contributed by atoms with E-state index in [4.69, 9.17) is 4.42 Å². The van der Waals surface area contributed by atoms with Crippen LogP contribution in [0.4, 0.5) is 4.39 Å². The van der Waals surface area contributed by atoms with Gasteiger partial charge in [0.25, 0.3) is 0 Å². The van der Waals surface area contributed by atoms with Gasteiger partial charge >= 0.3 is 0 Å². The molecule has 1 fully saturated rings. The predicted octanol–water partition coefficient (Wildman–Crippen LogP) is 3.59. The van der Waals surface area contributed by atoms with Gasteiger partial charge in [-0.2, -0.15) is 11.8 Å². The lowest BCUT2D eigenvalue weighted by Gasteiger charge is -2.22. The standard InChI is InChI=1S/C16H20FN3OS/c1-20(13-7-8-14(9-13)22-2)10-15-18-19-16(21-15)11-3-5-12(17)6-4-11/h3-6,13-14H,7-10H2,1-2H3. The second-order valence-corrected chi connectivity index (χ2v) is 6.89. The number of halogens is 1. The van der Waals surface area contributed by atoms with Crippen LogP contribution < -0.4 is 0 Å². The van der Waals surface area contributed by atoms with Crippen LogP contribution in [0.25, 0.3) is 11.5 Å². The number of benzene rings is 1. The maximum atomic E-state index is 12.9. The molecule has 0 amide bonds. The van der Waals surface area contributed by atoms with Gasteiger partial charge in [-0.15, -0.1) is 10.2 Å². The van der Waals surface area contributed by atoms with Crippen molar-refractivity contribution in [2.75, 3.05) is 13.3 Å². The molecule has 2 atom stereocenters. The van der Waals surface area contributed by atoms with E-state index in [0.29, 0.717) is 24.4 Å². The lowest BCUT2D eigenvalue weighted by Crippen LogP contribution is -2.29. The zero-order valence-corrected chi connectivity index (χ0v) is 13.6. The van der Waals surface area contributed by atoms with Crippen LogP contribution in [0, 0.1) is 5.82 Å². The summed E-state index contributed by atoms with van der Waals surface area (Å²) in [6, 6.07) is 6.67. The Hall–Kier alpha value is -1.40. The van der Waals surface area contributed by atoms with E-state index in [1.165, 1.54) is 31.4 Å². The van der Waals surface area contributed by atoms with Crippen molar-refractivity contribution >= 4 is 11.8 Å². The number of hydrogen-bond donors (Lipinski definition) is 0. The molecule has 4 nitrogen and oxygen atoms in total. The van der Waals surface area contributed by atoms with Crippen LogP contribution in [0.15, 0.2) is 28.7 Å². The number of nitrogens with zero attached hydrogens (tertiary/aromatic N) is 3. The van der Waals surface area contributed by atoms with Gasteiger partial charge in [-0.3, -0.25) is 4.90 Å². The van der Waals surface area contributed by atoms with E-state index in [-0.39, 0.29) is 5.82 Å². The molecule has 1 aromatic carbocycles. The summed E-state index contributed by atoms with van der Waals surface area (Å²) in [7, 11) is 2.11. The SMILES string of the molecule is CSC1CCC(N(C)Cc2nnc(-c3ccc(F)cc3)o2)C1. The molecule has 118 valence electrons. The molecule has 0 bridgehead atoms. The monoisotopic (exact) mass is 321 g/mol. The minimum absolute atomic E-state index is 0.271. The summed E-state index contributed by atoms with van der Waals surface area (Å²) in [5, 5.41) is 8.93. The lowest BCUT2D eigenvalue weighted by molar-refractivity contribution is 0.216. The van der Waals surface area contributed by atoms with E-state index in [2.05, 4.69) is 28.4 Å². The molecular formula is C16H20FN3OS. The first-order chi connectivity index (χ1) is 10.7. The second-order valence-electron chi connectivity index (χ2n) is 5.75. The summed E-state index contributed by atoms with van der Waals surface area (Å²) in [4.78, 5) is 2.29. The van der Waals surface area contributed by atoms with E-state index in [0.717, 1.165) is 10.8 Å². The molecule has 1 saturated carbocycles. The first-order valence-electron chi connectivity index (χ1n) is 7.47. The molecule has 1 aliphatic rings. The molecule has 1 heterocycles. The molecule has 3 rings (SSSR count). The maximum Gasteiger partial charge on any atom is 0.247 e. The van der Waals surface area contributed by atoms with Crippen LogP contribution in [0.2, 0.25) is 0 Å². The summed E-state index contributed by atoms with van der Waals surface area (Å²) in [5.41, 5.74) is 0.742. The van der Waals surface area contributed by atoms with Gasteiger partial charge in [0.15, 0.2) is 0 Å². The fraction of sp³-hybridized carbons (Fsp3) is 0.500. The number of aromatic nitrogens is 2. The van der Waals surface area contributed by atoms with Gasteiger partial charge in [-0.1, -0.05) is 0 Å². The predicted molar refractivity (Wildman–Crippen MR) is 86.1 cm³/mol. The Labute approximate surface area is 134 Å². The zero-order valence-electron chi connectivity index (χ0n) is 12.8. The van der Waals surface area contributed by atoms with Crippen molar-refractivity contribution in [1.82, 2.24) is 15.1 Å². The van der Waals surface area contributed by atoms with Crippen molar-refractivity contribution in [3.63, 3.8) is 0 Å². The van der Waals surface area contributed by atoms with Crippen molar-refractivity contribution in [3.8, 4) is 11.5 Å². The van der Waals surface area contributed by atoms with E-state index < -0.39 is 0 Å². The topological polar surface area (TPSA) is 42.2 Å². The van der Waals surface area contributed by atoms with Crippen LogP contribution in [-0.4, -0.2) is 39.7 Å². The van der Waals surface area contributed by atoms with Gasteiger partial charge in [0.1, 0.15) is 5.82 Å². The summed E-state index contributed by atoms with van der Waals surface area (Å²) >= 11 is 1.95. The van der Waals surface area contributed by atoms with Crippen molar-refractivity contribution in [1.29, 1.82) is 0 Å². The third-order valence-electron chi connectivity index (χ3n) is 4.26. The van der Waals surface area contributed by atoms with Gasteiger partial charge in [-0.05, 0) is 56.8 Å². The Balaban J connectivity index is 1.63. The number of thioether (sulfide) groups is 1. The van der Waals surface area contributed by atoms with Crippen LogP contribution in [0.5, 0.6) is 0 Å².